The van der Waals surface area contributed by atoms with Gasteiger partial charge in [0.2, 0.25) is 0 Å². The van der Waals surface area contributed by atoms with Crippen molar-refractivity contribution in [2.45, 2.75) is 117 Å². The highest BCUT2D eigenvalue weighted by atomic mass is 15.1. The van der Waals surface area contributed by atoms with Crippen LogP contribution in [0.25, 0.3) is 0 Å². The monoisotopic (exact) mass is 311 g/mol. The van der Waals surface area contributed by atoms with Gasteiger partial charge in [0.05, 0.1) is 0 Å². The van der Waals surface area contributed by atoms with Crippen LogP contribution in [0, 0.1) is 0 Å². The van der Waals surface area contributed by atoms with Crippen LogP contribution in [0.3, 0.4) is 0 Å². The fourth-order valence-corrected chi connectivity index (χ4v) is 3.19. The van der Waals surface area contributed by atoms with Crippen LogP contribution in [0.5, 0.6) is 0 Å². The number of nitrogens with zero attached hydrogens (tertiary/aromatic N) is 1. The van der Waals surface area contributed by atoms with Crippen molar-refractivity contribution in [3.8, 4) is 0 Å². The van der Waals surface area contributed by atoms with E-state index in [4.69, 9.17) is 0 Å². The maximum Gasteiger partial charge on any atom is -0.00189 e. The molecule has 0 aromatic rings. The quantitative estimate of drug-likeness (QED) is 0.242. The molecule has 0 saturated heterocycles. The standard InChI is InChI=1S/C21H45N/c1-4-7-9-11-12-13-14-15-17-19-21-22(6-3)20-18-16-10-8-5-2/h4-21H2,1-3H3. The van der Waals surface area contributed by atoms with E-state index in [-0.39, 0.29) is 0 Å². The summed E-state index contributed by atoms with van der Waals surface area (Å²) < 4.78 is 0. The molecular formula is C21H45N. The maximum absolute atomic E-state index is 2.66. The molecule has 0 amide bonds. The fraction of sp³-hybridized carbons (Fsp3) is 1.00. The lowest BCUT2D eigenvalue weighted by Crippen LogP contribution is -2.25. The van der Waals surface area contributed by atoms with E-state index in [1.807, 2.05) is 0 Å². The van der Waals surface area contributed by atoms with Crippen LogP contribution in [-0.2, 0) is 0 Å². The van der Waals surface area contributed by atoms with E-state index in [0.29, 0.717) is 0 Å². The first kappa shape index (κ1) is 22.0. The summed E-state index contributed by atoms with van der Waals surface area (Å²) in [5.74, 6) is 0. The number of rotatable bonds is 18. The first-order valence-corrected chi connectivity index (χ1v) is 10.6. The second kappa shape index (κ2) is 19.0. The Morgan fingerprint density at radius 3 is 1.05 bits per heavy atom. The molecule has 0 aromatic heterocycles. The fourth-order valence-electron chi connectivity index (χ4n) is 3.19. The summed E-state index contributed by atoms with van der Waals surface area (Å²) in [5.41, 5.74) is 0. The third kappa shape index (κ3) is 16.3. The SMILES string of the molecule is CCCCCCCCCCCCN(CC)CCCCCCC. The van der Waals surface area contributed by atoms with Gasteiger partial charge in [0.25, 0.3) is 0 Å². The Bertz CT molecular complexity index is 190. The molecule has 0 heterocycles. The highest BCUT2D eigenvalue weighted by Crippen LogP contribution is 2.11. The highest BCUT2D eigenvalue weighted by molar-refractivity contribution is 4.57. The zero-order valence-corrected chi connectivity index (χ0v) is 16.2. The summed E-state index contributed by atoms with van der Waals surface area (Å²) in [6.07, 6.45) is 21.5. The molecule has 0 bridgehead atoms. The van der Waals surface area contributed by atoms with Crippen LogP contribution >= 0.6 is 0 Å². The van der Waals surface area contributed by atoms with Gasteiger partial charge in [0.15, 0.2) is 0 Å². The molecule has 22 heavy (non-hydrogen) atoms. The first-order valence-electron chi connectivity index (χ1n) is 10.6. The summed E-state index contributed by atoms with van der Waals surface area (Å²) in [4.78, 5) is 2.66. The van der Waals surface area contributed by atoms with E-state index in [2.05, 4.69) is 25.7 Å². The molecule has 0 fully saturated rings. The summed E-state index contributed by atoms with van der Waals surface area (Å²) >= 11 is 0. The second-order valence-corrected chi connectivity index (χ2v) is 7.03. The number of hydrogen-bond acceptors (Lipinski definition) is 1. The minimum Gasteiger partial charge on any atom is -0.304 e. The van der Waals surface area contributed by atoms with Crippen LogP contribution in [0.2, 0.25) is 0 Å². The molecule has 0 aliphatic carbocycles. The van der Waals surface area contributed by atoms with Gasteiger partial charge in [-0.2, -0.15) is 0 Å². The molecule has 0 saturated carbocycles. The molecule has 0 aromatic carbocycles. The van der Waals surface area contributed by atoms with Crippen molar-refractivity contribution in [2.24, 2.45) is 0 Å². The van der Waals surface area contributed by atoms with Gasteiger partial charge in [-0.3, -0.25) is 0 Å². The molecule has 0 aliphatic rings. The van der Waals surface area contributed by atoms with Crippen LogP contribution < -0.4 is 0 Å². The normalized spacial score (nSPS) is 11.5. The van der Waals surface area contributed by atoms with E-state index in [0.717, 1.165) is 0 Å². The van der Waals surface area contributed by atoms with Gasteiger partial charge >= 0.3 is 0 Å². The van der Waals surface area contributed by atoms with Crippen molar-refractivity contribution < 1.29 is 0 Å². The van der Waals surface area contributed by atoms with Crippen LogP contribution in [0.15, 0.2) is 0 Å². The molecule has 1 nitrogen and oxygen atoms in total. The van der Waals surface area contributed by atoms with E-state index in [9.17, 15) is 0 Å². The maximum atomic E-state index is 2.66. The molecule has 0 spiro atoms. The van der Waals surface area contributed by atoms with Gasteiger partial charge in [0, 0.05) is 0 Å². The third-order valence-electron chi connectivity index (χ3n) is 4.85. The number of unbranched alkanes of at least 4 members (excludes halogenated alkanes) is 13. The lowest BCUT2D eigenvalue weighted by molar-refractivity contribution is 0.273. The lowest BCUT2D eigenvalue weighted by atomic mass is 10.1. The lowest BCUT2D eigenvalue weighted by Gasteiger charge is -2.20. The van der Waals surface area contributed by atoms with E-state index >= 15 is 0 Å². The Labute approximate surface area is 142 Å². The van der Waals surface area contributed by atoms with Gasteiger partial charge in [-0.1, -0.05) is 104 Å². The Morgan fingerprint density at radius 2 is 0.727 bits per heavy atom. The Kier molecular flexibility index (Phi) is 19.0. The zero-order valence-electron chi connectivity index (χ0n) is 16.2. The summed E-state index contributed by atoms with van der Waals surface area (Å²) in [7, 11) is 0. The smallest absolute Gasteiger partial charge is 0.00189 e. The van der Waals surface area contributed by atoms with Gasteiger partial charge in [-0.15, -0.1) is 0 Å². The molecule has 0 atom stereocenters. The molecule has 134 valence electrons. The molecule has 0 radical (unpaired) electrons. The van der Waals surface area contributed by atoms with E-state index in [1.165, 1.54) is 116 Å². The van der Waals surface area contributed by atoms with E-state index in [1.54, 1.807) is 0 Å². The first-order chi connectivity index (χ1) is 10.8. The molecular weight excluding hydrogens is 266 g/mol. The van der Waals surface area contributed by atoms with Crippen molar-refractivity contribution in [1.29, 1.82) is 0 Å². The molecule has 0 N–H and O–H groups in total. The Hall–Kier alpha value is -0.0400. The van der Waals surface area contributed by atoms with Crippen molar-refractivity contribution >= 4 is 0 Å². The molecule has 1 heteroatoms. The van der Waals surface area contributed by atoms with Crippen molar-refractivity contribution in [1.82, 2.24) is 4.90 Å². The van der Waals surface area contributed by atoms with Gasteiger partial charge in [-0.25, -0.2) is 0 Å². The summed E-state index contributed by atoms with van der Waals surface area (Å²) in [5, 5.41) is 0. The predicted molar refractivity (Wildman–Crippen MR) is 103 cm³/mol. The largest absolute Gasteiger partial charge is 0.304 e. The Balaban J connectivity index is 3.25. The van der Waals surface area contributed by atoms with Crippen molar-refractivity contribution in [3.05, 3.63) is 0 Å². The highest BCUT2D eigenvalue weighted by Gasteiger charge is 2.01. The average Bonchev–Trinajstić information content (AvgIpc) is 2.54. The Morgan fingerprint density at radius 1 is 0.409 bits per heavy atom. The minimum absolute atomic E-state index is 1.24. The third-order valence-corrected chi connectivity index (χ3v) is 4.85. The van der Waals surface area contributed by atoms with Gasteiger partial charge in [-0.05, 0) is 32.5 Å². The summed E-state index contributed by atoms with van der Waals surface area (Å²) in [6.45, 7) is 10.8. The average molecular weight is 312 g/mol. The predicted octanol–water partition coefficient (Wildman–Crippen LogP) is 7.20. The number of hydrogen-bond donors (Lipinski definition) is 0. The van der Waals surface area contributed by atoms with Crippen LogP contribution in [0.1, 0.15) is 117 Å². The zero-order chi connectivity index (χ0) is 16.3. The van der Waals surface area contributed by atoms with Crippen LogP contribution in [0.4, 0.5) is 0 Å². The van der Waals surface area contributed by atoms with Gasteiger partial charge < -0.3 is 4.90 Å². The molecule has 0 rings (SSSR count). The molecule has 0 unspecified atom stereocenters. The second-order valence-electron chi connectivity index (χ2n) is 7.03. The van der Waals surface area contributed by atoms with Gasteiger partial charge in [0.1, 0.15) is 0 Å². The van der Waals surface area contributed by atoms with Crippen molar-refractivity contribution in [3.63, 3.8) is 0 Å². The molecule has 0 aliphatic heterocycles. The van der Waals surface area contributed by atoms with Crippen LogP contribution in [-0.4, -0.2) is 24.5 Å². The minimum atomic E-state index is 1.24. The van der Waals surface area contributed by atoms with E-state index < -0.39 is 0 Å². The topological polar surface area (TPSA) is 3.24 Å². The van der Waals surface area contributed by atoms with Crippen molar-refractivity contribution in [2.75, 3.05) is 19.6 Å². The summed E-state index contributed by atoms with van der Waals surface area (Å²) in [6, 6.07) is 0.